The molecule has 0 aromatic heterocycles. The predicted octanol–water partition coefficient (Wildman–Crippen LogP) is 12.5. The van der Waals surface area contributed by atoms with Gasteiger partial charge >= 0.3 is 0 Å². The summed E-state index contributed by atoms with van der Waals surface area (Å²) < 4.78 is 0. The Kier molecular flexibility index (Phi) is 8.25. The monoisotopic (exact) mass is 705 g/mol. The van der Waals surface area contributed by atoms with E-state index in [0.717, 1.165) is 17.1 Å². The van der Waals surface area contributed by atoms with Crippen molar-refractivity contribution < 1.29 is 0 Å². The van der Waals surface area contributed by atoms with Gasteiger partial charge < -0.3 is 9.80 Å². The average Bonchev–Trinajstić information content (AvgIpc) is 3.15. The topological polar surface area (TPSA) is 30.3 Å². The molecule has 0 aliphatic rings. The van der Waals surface area contributed by atoms with Crippen LogP contribution in [0.4, 0.5) is 34.1 Å². The van der Waals surface area contributed by atoms with Crippen molar-refractivity contribution in [3.8, 4) is 6.07 Å². The normalized spacial score (nSPS) is 12.0. The Morgan fingerprint density at radius 2 is 0.808 bits per heavy atom. The first-order chi connectivity index (χ1) is 25.0. The Bertz CT molecular complexity index is 2610. The van der Waals surface area contributed by atoms with Crippen LogP contribution in [-0.4, -0.2) is 16.1 Å². The number of benzene rings is 8. The molecule has 8 rings (SSSR count). The van der Waals surface area contributed by atoms with Crippen molar-refractivity contribution in [1.82, 2.24) is 0 Å². The SMILES string of the molecule is C[Si](C)(C)c1ccccc1N(c1ccccc1)c1ccc2ccc3c(N(c4ccc(C#N)cc4)c4ccccc4[Si](C)(C)C)ccc4ccc1c2c43. The van der Waals surface area contributed by atoms with Crippen LogP contribution in [0, 0.1) is 11.3 Å². The molecule has 0 saturated carbocycles. The van der Waals surface area contributed by atoms with Gasteiger partial charge in [0.05, 0.1) is 39.2 Å². The van der Waals surface area contributed by atoms with Gasteiger partial charge in [0.1, 0.15) is 0 Å². The predicted molar refractivity (Wildman–Crippen MR) is 230 cm³/mol. The molecule has 0 radical (unpaired) electrons. The van der Waals surface area contributed by atoms with Crippen molar-refractivity contribution in [2.24, 2.45) is 0 Å². The zero-order valence-electron chi connectivity index (χ0n) is 30.8. The molecule has 3 nitrogen and oxygen atoms in total. The van der Waals surface area contributed by atoms with Crippen molar-refractivity contribution in [1.29, 1.82) is 5.26 Å². The third-order valence-corrected chi connectivity index (χ3v) is 14.4. The molecule has 254 valence electrons. The molecule has 0 fully saturated rings. The first-order valence-electron chi connectivity index (χ1n) is 18.1. The van der Waals surface area contributed by atoms with E-state index >= 15 is 0 Å². The van der Waals surface area contributed by atoms with Crippen LogP contribution in [0.1, 0.15) is 5.56 Å². The molecule has 8 aromatic rings. The van der Waals surface area contributed by atoms with Crippen LogP contribution in [0.3, 0.4) is 0 Å². The van der Waals surface area contributed by atoms with Crippen LogP contribution >= 0.6 is 0 Å². The number of nitriles is 1. The quantitative estimate of drug-likeness (QED) is 0.116. The van der Waals surface area contributed by atoms with Gasteiger partial charge in [0.25, 0.3) is 0 Å². The summed E-state index contributed by atoms with van der Waals surface area (Å²) in [4.78, 5) is 4.90. The molecule has 8 aromatic carbocycles. The standard InChI is InChI=1S/C47H43N3Si2/c1-51(2,3)44-18-12-10-16-42(44)49(36-14-8-7-9-15-36)40-30-24-34-23-29-39-41(31-25-35-22-28-38(40)46(34)47(35)39)50(37-26-20-33(32-48)21-27-37)43-17-11-13-19-45(43)52(4,5)6/h7-31H,1-6H3. The maximum absolute atomic E-state index is 9.65. The van der Waals surface area contributed by atoms with E-state index in [1.165, 1.54) is 59.8 Å². The molecule has 0 heterocycles. The molecule has 0 aliphatic heterocycles. The molecule has 0 bridgehead atoms. The molecular weight excluding hydrogens is 663 g/mol. The largest absolute Gasteiger partial charge is 0.310 e. The second-order valence-corrected chi connectivity index (χ2v) is 25.9. The zero-order chi connectivity index (χ0) is 36.2. The molecule has 0 atom stereocenters. The summed E-state index contributed by atoms with van der Waals surface area (Å²) in [7, 11) is -3.46. The van der Waals surface area contributed by atoms with Crippen LogP contribution < -0.4 is 20.2 Å². The first-order valence-corrected chi connectivity index (χ1v) is 25.1. The minimum Gasteiger partial charge on any atom is -0.310 e. The lowest BCUT2D eigenvalue weighted by Gasteiger charge is -2.33. The number of hydrogen-bond acceptors (Lipinski definition) is 3. The van der Waals surface area contributed by atoms with Gasteiger partial charge in [0, 0.05) is 33.5 Å². The summed E-state index contributed by atoms with van der Waals surface area (Å²) >= 11 is 0. The smallest absolute Gasteiger partial charge is 0.0991 e. The Labute approximate surface area is 309 Å². The molecule has 0 aliphatic carbocycles. The fraction of sp³-hybridized carbons (Fsp3) is 0.128. The third-order valence-electron chi connectivity index (χ3n) is 10.3. The minimum atomic E-state index is -1.75. The molecule has 5 heteroatoms. The van der Waals surface area contributed by atoms with Gasteiger partial charge in [-0.1, -0.05) is 130 Å². The van der Waals surface area contributed by atoms with E-state index in [9.17, 15) is 5.26 Å². The molecule has 0 unspecified atom stereocenters. The first kappa shape index (κ1) is 33.5. The van der Waals surface area contributed by atoms with Crippen LogP contribution in [-0.2, 0) is 0 Å². The maximum Gasteiger partial charge on any atom is 0.0991 e. The van der Waals surface area contributed by atoms with Gasteiger partial charge in [-0.2, -0.15) is 5.26 Å². The molecule has 0 amide bonds. The zero-order valence-corrected chi connectivity index (χ0v) is 32.8. The van der Waals surface area contributed by atoms with Crippen molar-refractivity contribution in [2.75, 3.05) is 9.80 Å². The van der Waals surface area contributed by atoms with Crippen LogP contribution in [0.15, 0.2) is 152 Å². The summed E-state index contributed by atoms with van der Waals surface area (Å²) in [5.74, 6) is 0. The second-order valence-electron chi connectivity index (χ2n) is 15.8. The minimum absolute atomic E-state index is 0.656. The van der Waals surface area contributed by atoms with Crippen molar-refractivity contribution in [3.05, 3.63) is 157 Å². The molecule has 0 N–H and O–H groups in total. The van der Waals surface area contributed by atoms with E-state index in [1.54, 1.807) is 0 Å². The molecule has 0 saturated heterocycles. The van der Waals surface area contributed by atoms with Gasteiger partial charge in [-0.3, -0.25) is 0 Å². The van der Waals surface area contributed by atoms with E-state index in [1.807, 2.05) is 12.1 Å². The highest BCUT2D eigenvalue weighted by Crippen LogP contribution is 2.47. The Morgan fingerprint density at radius 3 is 1.25 bits per heavy atom. The highest BCUT2D eigenvalue weighted by molar-refractivity contribution is 6.90. The summed E-state index contributed by atoms with van der Waals surface area (Å²) in [6, 6.07) is 57.4. The van der Waals surface area contributed by atoms with E-state index in [0.29, 0.717) is 5.56 Å². The fourth-order valence-corrected chi connectivity index (χ4v) is 11.0. The van der Waals surface area contributed by atoms with Gasteiger partial charge in [-0.25, -0.2) is 0 Å². The average molecular weight is 706 g/mol. The number of hydrogen-bond donors (Lipinski definition) is 0. The second kappa shape index (κ2) is 12.8. The number of nitrogens with zero attached hydrogens (tertiary/aromatic N) is 3. The highest BCUT2D eigenvalue weighted by Gasteiger charge is 2.28. The number of rotatable bonds is 8. The Hall–Kier alpha value is -5.68. The fourth-order valence-electron chi connectivity index (χ4n) is 7.84. The lowest BCUT2D eigenvalue weighted by molar-refractivity contribution is 1.30. The molecule has 52 heavy (non-hydrogen) atoms. The lowest BCUT2D eigenvalue weighted by Crippen LogP contribution is -2.40. The van der Waals surface area contributed by atoms with Gasteiger partial charge in [-0.05, 0) is 92.6 Å². The van der Waals surface area contributed by atoms with Gasteiger partial charge in [0.2, 0.25) is 0 Å². The number of para-hydroxylation sites is 3. The van der Waals surface area contributed by atoms with Crippen molar-refractivity contribution in [3.63, 3.8) is 0 Å². The van der Waals surface area contributed by atoms with E-state index in [4.69, 9.17) is 0 Å². The van der Waals surface area contributed by atoms with Crippen LogP contribution in [0.2, 0.25) is 39.3 Å². The molecule has 0 spiro atoms. The van der Waals surface area contributed by atoms with Crippen LogP contribution in [0.25, 0.3) is 32.3 Å². The van der Waals surface area contributed by atoms with Crippen LogP contribution in [0.5, 0.6) is 0 Å². The van der Waals surface area contributed by atoms with E-state index in [2.05, 4.69) is 195 Å². The summed E-state index contributed by atoms with van der Waals surface area (Å²) in [6.45, 7) is 14.5. The van der Waals surface area contributed by atoms with Gasteiger partial charge in [-0.15, -0.1) is 0 Å². The number of anilines is 6. The van der Waals surface area contributed by atoms with Crippen molar-refractivity contribution in [2.45, 2.75) is 39.3 Å². The summed E-state index contributed by atoms with van der Waals surface area (Å²) in [6.07, 6.45) is 0. The highest BCUT2D eigenvalue weighted by atomic mass is 28.3. The lowest BCUT2D eigenvalue weighted by atomic mass is 9.91. The molecular formula is C47H43N3Si2. The van der Waals surface area contributed by atoms with Crippen molar-refractivity contribution >= 4 is 93.0 Å². The summed E-state index contributed by atoms with van der Waals surface area (Å²) in [5.41, 5.74) is 7.60. The van der Waals surface area contributed by atoms with Gasteiger partial charge in [0.15, 0.2) is 0 Å². The third kappa shape index (κ3) is 5.75. The summed E-state index contributed by atoms with van der Waals surface area (Å²) in [5, 5.41) is 19.9. The Morgan fingerprint density at radius 1 is 0.404 bits per heavy atom. The Balaban J connectivity index is 1.43. The van der Waals surface area contributed by atoms with E-state index < -0.39 is 16.1 Å². The van der Waals surface area contributed by atoms with E-state index in [-0.39, 0.29) is 0 Å². The maximum atomic E-state index is 9.65.